The molecule has 2 N–H and O–H groups in total. The van der Waals surface area contributed by atoms with Gasteiger partial charge in [0.25, 0.3) is 11.8 Å². The molecule has 0 atom stereocenters. The number of nitrogens with two attached hydrogens (primary N) is 1. The van der Waals surface area contributed by atoms with Crippen molar-refractivity contribution < 1.29 is 19.1 Å². The number of rotatable bonds is 7. The third-order valence-electron chi connectivity index (χ3n) is 3.25. The molecule has 1 aromatic heterocycles. The van der Waals surface area contributed by atoms with Crippen molar-refractivity contribution in [3.63, 3.8) is 0 Å². The van der Waals surface area contributed by atoms with E-state index in [9.17, 15) is 9.59 Å². The van der Waals surface area contributed by atoms with Crippen LogP contribution in [0.15, 0.2) is 17.5 Å². The molecule has 134 valence electrons. The zero-order valence-electron chi connectivity index (χ0n) is 14.0. The van der Waals surface area contributed by atoms with Crippen molar-refractivity contribution in [3.05, 3.63) is 38.8 Å². The molecule has 9 heteroatoms. The zero-order chi connectivity index (χ0) is 18.6. The Bertz CT molecular complexity index is 794. The largest absolute Gasteiger partial charge is 0.493 e. The van der Waals surface area contributed by atoms with E-state index in [-0.39, 0.29) is 29.0 Å². The Balaban J connectivity index is 2.21. The van der Waals surface area contributed by atoms with E-state index in [0.717, 1.165) is 10.7 Å². The molecule has 2 amide bonds. The zero-order valence-corrected chi connectivity index (χ0v) is 15.6. The molecule has 0 aliphatic carbocycles. The van der Waals surface area contributed by atoms with Crippen LogP contribution in [-0.2, 0) is 11.3 Å². The molecule has 0 bridgehead atoms. The Kier molecular flexibility index (Phi) is 6.22. The summed E-state index contributed by atoms with van der Waals surface area (Å²) >= 11 is 7.70. The molecular formula is C16H18ClN3O4S. The van der Waals surface area contributed by atoms with Crippen LogP contribution in [0.4, 0.5) is 0 Å². The fourth-order valence-electron chi connectivity index (χ4n) is 2.14. The number of thiazole rings is 1. The second-order valence-electron chi connectivity index (χ2n) is 5.26. The molecule has 7 nitrogen and oxygen atoms in total. The standard InChI is InChI=1S/C16H18ClN3O4S/c1-9-19-11(8-25-9)6-20(2)16(22)10-4-12(17)15(13(5-10)23-3)24-7-14(18)21/h4-5,8H,6-7H2,1-3H3,(H2,18,21). The lowest BCUT2D eigenvalue weighted by Crippen LogP contribution is -2.26. The maximum Gasteiger partial charge on any atom is 0.255 e. The van der Waals surface area contributed by atoms with Crippen LogP contribution in [0.1, 0.15) is 21.1 Å². The molecule has 0 aliphatic rings. The summed E-state index contributed by atoms with van der Waals surface area (Å²) in [5.41, 5.74) is 6.21. The van der Waals surface area contributed by atoms with Crippen molar-refractivity contribution >= 4 is 34.8 Å². The number of methoxy groups -OCH3 is 1. The molecule has 0 spiro atoms. The molecule has 1 aromatic carbocycles. The van der Waals surface area contributed by atoms with Gasteiger partial charge in [-0.2, -0.15) is 0 Å². The Morgan fingerprint density at radius 3 is 2.68 bits per heavy atom. The van der Waals surface area contributed by atoms with E-state index in [0.29, 0.717) is 12.1 Å². The number of carbonyl (C=O) groups excluding carboxylic acids is 2. The second-order valence-corrected chi connectivity index (χ2v) is 6.73. The van der Waals surface area contributed by atoms with Crippen LogP contribution in [-0.4, -0.2) is 42.5 Å². The predicted molar refractivity (Wildman–Crippen MR) is 95.3 cm³/mol. The first-order valence-corrected chi connectivity index (χ1v) is 8.52. The van der Waals surface area contributed by atoms with Gasteiger partial charge in [-0.1, -0.05) is 11.6 Å². The summed E-state index contributed by atoms with van der Waals surface area (Å²) in [6, 6.07) is 2.97. The molecular weight excluding hydrogens is 366 g/mol. The summed E-state index contributed by atoms with van der Waals surface area (Å²) in [5.74, 6) is -0.476. The van der Waals surface area contributed by atoms with Crippen LogP contribution < -0.4 is 15.2 Å². The van der Waals surface area contributed by atoms with E-state index in [1.54, 1.807) is 7.05 Å². The normalized spacial score (nSPS) is 10.4. The van der Waals surface area contributed by atoms with Gasteiger partial charge in [0.05, 0.1) is 29.4 Å². The number of ether oxygens (including phenoxy) is 2. The third-order valence-corrected chi connectivity index (χ3v) is 4.35. The first-order valence-electron chi connectivity index (χ1n) is 7.27. The molecule has 0 saturated carbocycles. The van der Waals surface area contributed by atoms with Crippen LogP contribution in [0.3, 0.4) is 0 Å². The maximum atomic E-state index is 12.6. The minimum atomic E-state index is -0.642. The van der Waals surface area contributed by atoms with Crippen LogP contribution in [0.2, 0.25) is 5.02 Å². The van der Waals surface area contributed by atoms with Gasteiger partial charge in [-0.05, 0) is 19.1 Å². The van der Waals surface area contributed by atoms with Gasteiger partial charge >= 0.3 is 0 Å². The number of nitrogens with zero attached hydrogens (tertiary/aromatic N) is 2. The highest BCUT2D eigenvalue weighted by molar-refractivity contribution is 7.09. The number of hydrogen-bond acceptors (Lipinski definition) is 6. The van der Waals surface area contributed by atoms with Crippen LogP contribution in [0, 0.1) is 6.92 Å². The van der Waals surface area contributed by atoms with Gasteiger partial charge in [0.15, 0.2) is 18.1 Å². The summed E-state index contributed by atoms with van der Waals surface area (Å²) in [7, 11) is 3.09. The number of aryl methyl sites for hydroxylation is 1. The van der Waals surface area contributed by atoms with E-state index in [4.69, 9.17) is 26.8 Å². The monoisotopic (exact) mass is 383 g/mol. The minimum Gasteiger partial charge on any atom is -0.493 e. The summed E-state index contributed by atoms with van der Waals surface area (Å²) in [6.45, 7) is 1.95. The lowest BCUT2D eigenvalue weighted by atomic mass is 10.1. The number of aromatic nitrogens is 1. The molecule has 0 fully saturated rings. The number of halogens is 1. The van der Waals surface area contributed by atoms with E-state index in [1.807, 2.05) is 12.3 Å². The van der Waals surface area contributed by atoms with E-state index in [1.165, 1.54) is 35.5 Å². The fourth-order valence-corrected chi connectivity index (χ4v) is 3.01. The summed E-state index contributed by atoms with van der Waals surface area (Å²) in [5, 5.41) is 3.01. The van der Waals surface area contributed by atoms with Crippen LogP contribution >= 0.6 is 22.9 Å². The summed E-state index contributed by atoms with van der Waals surface area (Å²) < 4.78 is 10.5. The number of primary amides is 1. The van der Waals surface area contributed by atoms with Crippen molar-refractivity contribution in [2.45, 2.75) is 13.5 Å². The SMILES string of the molecule is COc1cc(C(=O)N(C)Cc2csc(C)n2)cc(Cl)c1OCC(N)=O. The van der Waals surface area contributed by atoms with Crippen molar-refractivity contribution in [1.29, 1.82) is 0 Å². The highest BCUT2D eigenvalue weighted by Gasteiger charge is 2.19. The lowest BCUT2D eigenvalue weighted by Gasteiger charge is -2.18. The quantitative estimate of drug-likeness (QED) is 0.791. The molecule has 2 aromatic rings. The predicted octanol–water partition coefficient (Wildman–Crippen LogP) is 2.25. The second kappa shape index (κ2) is 8.17. The van der Waals surface area contributed by atoms with E-state index >= 15 is 0 Å². The Morgan fingerprint density at radius 1 is 1.40 bits per heavy atom. The summed E-state index contributed by atoms with van der Waals surface area (Å²) in [4.78, 5) is 29.4. The topological polar surface area (TPSA) is 94.8 Å². The Morgan fingerprint density at radius 2 is 2.12 bits per heavy atom. The molecule has 0 unspecified atom stereocenters. The van der Waals surface area contributed by atoms with Crippen molar-refractivity contribution in [1.82, 2.24) is 9.88 Å². The molecule has 2 rings (SSSR count). The van der Waals surface area contributed by atoms with Crippen LogP contribution in [0.25, 0.3) is 0 Å². The first kappa shape index (κ1) is 19.0. The van der Waals surface area contributed by atoms with E-state index in [2.05, 4.69) is 4.98 Å². The van der Waals surface area contributed by atoms with Gasteiger partial charge in [0, 0.05) is 18.0 Å². The van der Waals surface area contributed by atoms with Gasteiger partial charge in [-0.15, -0.1) is 11.3 Å². The lowest BCUT2D eigenvalue weighted by molar-refractivity contribution is -0.119. The molecule has 0 radical (unpaired) electrons. The molecule has 1 heterocycles. The van der Waals surface area contributed by atoms with Crippen molar-refractivity contribution in [2.24, 2.45) is 5.73 Å². The Hall–Kier alpha value is -2.32. The average Bonchev–Trinajstić information content (AvgIpc) is 2.96. The average molecular weight is 384 g/mol. The van der Waals surface area contributed by atoms with Gasteiger partial charge in [-0.3, -0.25) is 9.59 Å². The highest BCUT2D eigenvalue weighted by atomic mass is 35.5. The first-order chi connectivity index (χ1) is 11.8. The molecule has 0 aliphatic heterocycles. The maximum absolute atomic E-state index is 12.6. The summed E-state index contributed by atoms with van der Waals surface area (Å²) in [6.07, 6.45) is 0. The van der Waals surface area contributed by atoms with Crippen LogP contribution in [0.5, 0.6) is 11.5 Å². The number of carbonyl (C=O) groups is 2. The van der Waals surface area contributed by atoms with Gasteiger partial charge < -0.3 is 20.1 Å². The minimum absolute atomic E-state index is 0.154. The van der Waals surface area contributed by atoms with Gasteiger partial charge in [0.2, 0.25) is 0 Å². The van der Waals surface area contributed by atoms with Gasteiger partial charge in [-0.25, -0.2) is 4.98 Å². The third kappa shape index (κ3) is 4.83. The number of amides is 2. The number of hydrogen-bond donors (Lipinski definition) is 1. The molecule has 0 saturated heterocycles. The van der Waals surface area contributed by atoms with Crippen molar-refractivity contribution in [2.75, 3.05) is 20.8 Å². The van der Waals surface area contributed by atoms with Crippen molar-refractivity contribution in [3.8, 4) is 11.5 Å². The number of benzene rings is 1. The smallest absolute Gasteiger partial charge is 0.255 e. The molecule has 25 heavy (non-hydrogen) atoms. The van der Waals surface area contributed by atoms with Gasteiger partial charge in [0.1, 0.15) is 0 Å². The highest BCUT2D eigenvalue weighted by Crippen LogP contribution is 2.36. The Labute approximate surface area is 154 Å². The van der Waals surface area contributed by atoms with E-state index < -0.39 is 5.91 Å². The fraction of sp³-hybridized carbons (Fsp3) is 0.312.